The van der Waals surface area contributed by atoms with Crippen LogP contribution in [0.3, 0.4) is 0 Å². The summed E-state index contributed by atoms with van der Waals surface area (Å²) in [6.45, 7) is 4.18. The Balaban J connectivity index is 1.45. The summed E-state index contributed by atoms with van der Waals surface area (Å²) in [5.41, 5.74) is 2.63. The zero-order chi connectivity index (χ0) is 25.8. The Morgan fingerprint density at radius 3 is 2.75 bits per heavy atom. The largest absolute Gasteiger partial charge is 0.322 e. The lowest BCUT2D eigenvalue weighted by Gasteiger charge is -2.17. The van der Waals surface area contributed by atoms with Crippen LogP contribution in [0, 0.1) is 17.2 Å². The minimum Gasteiger partial charge on any atom is -0.322 e. The summed E-state index contributed by atoms with van der Waals surface area (Å²) in [4.78, 5) is 27.9. The number of carbonyl (C=O) groups is 2. The van der Waals surface area contributed by atoms with Gasteiger partial charge < -0.3 is 10.6 Å². The van der Waals surface area contributed by atoms with E-state index >= 15 is 0 Å². The Bertz CT molecular complexity index is 1350. The van der Waals surface area contributed by atoms with Crippen molar-refractivity contribution in [2.24, 2.45) is 5.92 Å². The van der Waals surface area contributed by atoms with Gasteiger partial charge in [0.05, 0.1) is 21.4 Å². The van der Waals surface area contributed by atoms with Crippen LogP contribution in [0.25, 0.3) is 0 Å². The van der Waals surface area contributed by atoms with E-state index < -0.39 is 0 Å². The number of benzene rings is 2. The van der Waals surface area contributed by atoms with Gasteiger partial charge in [-0.05, 0) is 73.6 Å². The molecule has 2 amide bonds. The minimum atomic E-state index is -0.355. The molecule has 2 aromatic carbocycles. The second-order valence-electron chi connectivity index (χ2n) is 8.78. The molecule has 2 N–H and O–H groups in total. The Hall–Kier alpha value is -2.50. The molecule has 1 heterocycles. The van der Waals surface area contributed by atoms with Gasteiger partial charge in [-0.2, -0.15) is 5.26 Å². The van der Waals surface area contributed by atoms with Gasteiger partial charge in [-0.1, -0.05) is 43.1 Å². The van der Waals surface area contributed by atoms with E-state index in [9.17, 15) is 14.9 Å². The maximum absolute atomic E-state index is 13.2. The van der Waals surface area contributed by atoms with Crippen molar-refractivity contribution < 1.29 is 9.59 Å². The summed E-state index contributed by atoms with van der Waals surface area (Å²) in [5.74, 6) is 0.116. The highest BCUT2D eigenvalue weighted by Gasteiger charge is 2.26. The molecule has 0 saturated heterocycles. The van der Waals surface area contributed by atoms with Crippen LogP contribution in [0.15, 0.2) is 47.4 Å². The van der Waals surface area contributed by atoms with Crippen LogP contribution in [0.2, 0.25) is 10.0 Å². The van der Waals surface area contributed by atoms with E-state index in [-0.39, 0.29) is 22.1 Å². The summed E-state index contributed by atoms with van der Waals surface area (Å²) in [6, 6.07) is 14.4. The molecule has 0 saturated carbocycles. The summed E-state index contributed by atoms with van der Waals surface area (Å²) in [7, 11) is 0. The van der Waals surface area contributed by atoms with Crippen LogP contribution in [0.1, 0.15) is 53.1 Å². The Labute approximate surface area is 229 Å². The van der Waals surface area contributed by atoms with Crippen molar-refractivity contribution in [2.45, 2.75) is 49.7 Å². The van der Waals surface area contributed by atoms with Gasteiger partial charge in [-0.15, -0.1) is 23.1 Å². The second-order valence-corrected chi connectivity index (χ2v) is 12.0. The number of thiophene rings is 1. The highest BCUT2D eigenvalue weighted by molar-refractivity contribution is 8.00. The Morgan fingerprint density at radius 1 is 1.22 bits per heavy atom. The van der Waals surface area contributed by atoms with E-state index in [0.717, 1.165) is 29.7 Å². The maximum atomic E-state index is 13.2. The molecular formula is C27H25Cl2N3O2S2. The predicted octanol–water partition coefficient (Wildman–Crippen LogP) is 7.81. The zero-order valence-corrected chi connectivity index (χ0v) is 23.0. The van der Waals surface area contributed by atoms with Crippen LogP contribution in [-0.2, 0) is 17.6 Å². The first kappa shape index (κ1) is 26.6. The fraction of sp³-hybridized carbons (Fsp3) is 0.296. The highest BCUT2D eigenvalue weighted by atomic mass is 35.5. The van der Waals surface area contributed by atoms with E-state index in [1.807, 2.05) is 25.1 Å². The van der Waals surface area contributed by atoms with Gasteiger partial charge in [0.2, 0.25) is 5.91 Å². The van der Waals surface area contributed by atoms with Gasteiger partial charge in [0.1, 0.15) is 11.1 Å². The SMILES string of the molecule is CCC(Sc1cccc(NC(=O)c2ccc(Cl)cc2Cl)c1)C(=O)Nc1sc2c(c1C#N)CCC(C)C2. The Kier molecular flexibility index (Phi) is 8.63. The highest BCUT2D eigenvalue weighted by Crippen LogP contribution is 2.40. The molecule has 0 fully saturated rings. The minimum absolute atomic E-state index is 0.131. The molecule has 3 aromatic rings. The monoisotopic (exact) mass is 557 g/mol. The molecule has 4 rings (SSSR count). The number of anilines is 2. The molecule has 0 aliphatic heterocycles. The fourth-order valence-electron chi connectivity index (χ4n) is 4.16. The zero-order valence-electron chi connectivity index (χ0n) is 19.9. The lowest BCUT2D eigenvalue weighted by Crippen LogP contribution is -2.24. The molecule has 36 heavy (non-hydrogen) atoms. The van der Waals surface area contributed by atoms with Gasteiger partial charge in [-0.3, -0.25) is 9.59 Å². The number of nitrogens with zero attached hydrogens (tertiary/aromatic N) is 1. The molecule has 1 aliphatic carbocycles. The molecule has 0 spiro atoms. The third-order valence-electron chi connectivity index (χ3n) is 6.07. The third kappa shape index (κ3) is 6.07. The van der Waals surface area contributed by atoms with E-state index in [0.29, 0.717) is 39.2 Å². The molecule has 0 bridgehead atoms. The van der Waals surface area contributed by atoms with Crippen molar-refractivity contribution in [3.63, 3.8) is 0 Å². The average molecular weight is 559 g/mol. The summed E-state index contributed by atoms with van der Waals surface area (Å²) in [6.07, 6.45) is 3.52. The smallest absolute Gasteiger partial charge is 0.257 e. The molecule has 1 aliphatic rings. The van der Waals surface area contributed by atoms with Gasteiger partial charge in [0.25, 0.3) is 5.91 Å². The van der Waals surface area contributed by atoms with Crippen LogP contribution < -0.4 is 10.6 Å². The molecule has 9 heteroatoms. The number of nitrogens with one attached hydrogen (secondary N) is 2. The molecule has 5 nitrogen and oxygen atoms in total. The fourth-order valence-corrected chi connectivity index (χ4v) is 7.03. The third-order valence-corrected chi connectivity index (χ3v) is 9.15. The normalized spacial score (nSPS) is 15.5. The van der Waals surface area contributed by atoms with Crippen LogP contribution in [0.5, 0.6) is 0 Å². The summed E-state index contributed by atoms with van der Waals surface area (Å²) >= 11 is 15.0. The lowest BCUT2D eigenvalue weighted by atomic mass is 9.88. The predicted molar refractivity (Wildman–Crippen MR) is 150 cm³/mol. The van der Waals surface area contributed by atoms with E-state index in [1.54, 1.807) is 18.2 Å². The molecule has 186 valence electrons. The van der Waals surface area contributed by atoms with Gasteiger partial charge >= 0.3 is 0 Å². The number of halogens is 2. The molecular weight excluding hydrogens is 533 g/mol. The van der Waals surface area contributed by atoms with E-state index in [4.69, 9.17) is 23.2 Å². The molecule has 1 aromatic heterocycles. The van der Waals surface area contributed by atoms with E-state index in [1.165, 1.54) is 34.0 Å². The quantitative estimate of drug-likeness (QED) is 0.290. The van der Waals surface area contributed by atoms with Crippen LogP contribution in [-0.4, -0.2) is 17.1 Å². The van der Waals surface area contributed by atoms with Crippen molar-refractivity contribution in [3.05, 3.63) is 74.1 Å². The van der Waals surface area contributed by atoms with Gasteiger partial charge in [0, 0.05) is 20.5 Å². The van der Waals surface area contributed by atoms with Crippen LogP contribution >= 0.6 is 46.3 Å². The summed E-state index contributed by atoms with van der Waals surface area (Å²) in [5, 5.41) is 16.6. The summed E-state index contributed by atoms with van der Waals surface area (Å²) < 4.78 is 0. The lowest BCUT2D eigenvalue weighted by molar-refractivity contribution is -0.115. The first-order valence-electron chi connectivity index (χ1n) is 11.7. The van der Waals surface area contributed by atoms with Crippen molar-refractivity contribution in [2.75, 3.05) is 10.6 Å². The second kappa shape index (κ2) is 11.7. The van der Waals surface area contributed by atoms with Crippen LogP contribution in [0.4, 0.5) is 10.7 Å². The van der Waals surface area contributed by atoms with Gasteiger partial charge in [-0.25, -0.2) is 0 Å². The van der Waals surface area contributed by atoms with Crippen molar-refractivity contribution in [3.8, 4) is 6.07 Å². The number of amides is 2. The van der Waals surface area contributed by atoms with Crippen molar-refractivity contribution >= 4 is 68.8 Å². The standard InChI is InChI=1S/C27H25Cl2N3O2S2/c1-3-23(26(34)32-27-21(14-30)19-9-7-15(2)11-24(19)36-27)35-18-6-4-5-17(13-18)31-25(33)20-10-8-16(28)12-22(20)29/h4-6,8,10,12-13,15,23H,3,7,9,11H2,1-2H3,(H,31,33)(H,32,34). The number of hydrogen-bond donors (Lipinski definition) is 2. The number of fused-ring (bicyclic) bond motifs is 1. The molecule has 2 unspecified atom stereocenters. The van der Waals surface area contributed by atoms with Crippen molar-refractivity contribution in [1.82, 2.24) is 0 Å². The topological polar surface area (TPSA) is 82.0 Å². The number of thioether (sulfide) groups is 1. The van der Waals surface area contributed by atoms with Crippen molar-refractivity contribution in [1.29, 1.82) is 5.26 Å². The van der Waals surface area contributed by atoms with Gasteiger partial charge in [0.15, 0.2) is 0 Å². The van der Waals surface area contributed by atoms with E-state index in [2.05, 4.69) is 23.6 Å². The number of hydrogen-bond acceptors (Lipinski definition) is 5. The first-order valence-corrected chi connectivity index (χ1v) is 14.1. The number of rotatable bonds is 7. The first-order chi connectivity index (χ1) is 17.3. The molecule has 0 radical (unpaired) electrons. The number of nitriles is 1. The molecule has 2 atom stereocenters. The average Bonchev–Trinajstić information content (AvgIpc) is 3.18. The Morgan fingerprint density at radius 2 is 2.03 bits per heavy atom. The number of carbonyl (C=O) groups excluding carboxylic acids is 2. The maximum Gasteiger partial charge on any atom is 0.257 e.